The van der Waals surface area contributed by atoms with Crippen molar-refractivity contribution in [1.29, 1.82) is 0 Å². The summed E-state index contributed by atoms with van der Waals surface area (Å²) in [6.07, 6.45) is 2.26. The van der Waals surface area contributed by atoms with E-state index in [0.29, 0.717) is 12.0 Å². The third-order valence-corrected chi connectivity index (χ3v) is 5.17. The largest absolute Gasteiger partial charge is 0.381 e. The van der Waals surface area contributed by atoms with E-state index >= 15 is 0 Å². The molecular weight excluding hydrogens is 254 g/mol. The van der Waals surface area contributed by atoms with Crippen LogP contribution in [0.5, 0.6) is 0 Å². The summed E-state index contributed by atoms with van der Waals surface area (Å²) in [5.74, 6) is 0.652. The lowest BCUT2D eigenvalue weighted by molar-refractivity contribution is 0.0542. The molecule has 1 aliphatic heterocycles. The van der Waals surface area contributed by atoms with Gasteiger partial charge in [-0.05, 0) is 43.2 Å². The number of thiophene rings is 1. The minimum Gasteiger partial charge on any atom is -0.381 e. The third kappa shape index (κ3) is 3.02. The van der Waals surface area contributed by atoms with Crippen LogP contribution in [0.15, 0.2) is 5.38 Å². The lowest BCUT2D eigenvalue weighted by atomic mass is 9.90. The molecule has 17 heavy (non-hydrogen) atoms. The predicted molar refractivity (Wildman–Crippen MR) is 74.0 cm³/mol. The average molecular weight is 274 g/mol. The van der Waals surface area contributed by atoms with Gasteiger partial charge in [0.05, 0.1) is 5.02 Å². The van der Waals surface area contributed by atoms with Gasteiger partial charge in [0.1, 0.15) is 0 Å². The fourth-order valence-corrected chi connectivity index (χ4v) is 3.88. The van der Waals surface area contributed by atoms with Crippen LogP contribution in [0.2, 0.25) is 5.02 Å². The number of nitrogens with one attached hydrogen (secondary N) is 1. The normalized spacial score (nSPS) is 19.5. The Bertz CT molecular complexity index is 360. The maximum atomic E-state index is 6.40. The van der Waals surface area contributed by atoms with Crippen molar-refractivity contribution < 1.29 is 4.74 Å². The van der Waals surface area contributed by atoms with Gasteiger partial charge in [-0.3, -0.25) is 0 Å². The highest BCUT2D eigenvalue weighted by Crippen LogP contribution is 2.38. The summed E-state index contributed by atoms with van der Waals surface area (Å²) in [5.41, 5.74) is 1.20. The molecule has 2 nitrogen and oxygen atoms in total. The molecule has 1 atom stereocenters. The zero-order chi connectivity index (χ0) is 12.3. The Labute approximate surface area is 112 Å². The minimum absolute atomic E-state index is 0.398. The molecule has 1 aromatic rings. The van der Waals surface area contributed by atoms with Crippen molar-refractivity contribution in [3.8, 4) is 0 Å². The van der Waals surface area contributed by atoms with Crippen molar-refractivity contribution in [2.45, 2.75) is 32.7 Å². The molecule has 1 unspecified atom stereocenters. The molecule has 1 aromatic heterocycles. The Kier molecular flexibility index (Phi) is 4.86. The molecule has 1 fully saturated rings. The number of ether oxygens (including phenoxy) is 1. The molecule has 2 heterocycles. The van der Waals surface area contributed by atoms with Crippen molar-refractivity contribution in [2.75, 3.05) is 19.8 Å². The molecule has 4 heteroatoms. The molecule has 1 N–H and O–H groups in total. The summed E-state index contributed by atoms with van der Waals surface area (Å²) in [7, 11) is 0. The Morgan fingerprint density at radius 2 is 2.24 bits per heavy atom. The van der Waals surface area contributed by atoms with E-state index in [4.69, 9.17) is 16.3 Å². The van der Waals surface area contributed by atoms with Gasteiger partial charge in [0, 0.05) is 24.1 Å². The number of hydrogen-bond acceptors (Lipinski definition) is 3. The first-order chi connectivity index (χ1) is 8.24. The highest BCUT2D eigenvalue weighted by Gasteiger charge is 2.27. The topological polar surface area (TPSA) is 21.3 Å². The summed E-state index contributed by atoms with van der Waals surface area (Å²) < 4.78 is 5.44. The Hall–Kier alpha value is -0.0900. The monoisotopic (exact) mass is 273 g/mol. The van der Waals surface area contributed by atoms with Crippen LogP contribution in [0.4, 0.5) is 0 Å². The van der Waals surface area contributed by atoms with E-state index < -0.39 is 0 Å². The number of aryl methyl sites for hydroxylation is 1. The van der Waals surface area contributed by atoms with E-state index in [9.17, 15) is 0 Å². The Balaban J connectivity index is 2.18. The van der Waals surface area contributed by atoms with Gasteiger partial charge in [-0.1, -0.05) is 18.5 Å². The van der Waals surface area contributed by atoms with Gasteiger partial charge in [0.25, 0.3) is 0 Å². The highest BCUT2D eigenvalue weighted by molar-refractivity contribution is 7.10. The molecule has 0 amide bonds. The van der Waals surface area contributed by atoms with Gasteiger partial charge in [-0.15, -0.1) is 11.3 Å². The van der Waals surface area contributed by atoms with Crippen LogP contribution in [0.25, 0.3) is 0 Å². The van der Waals surface area contributed by atoms with E-state index in [1.807, 2.05) is 0 Å². The zero-order valence-electron chi connectivity index (χ0n) is 10.5. The quantitative estimate of drug-likeness (QED) is 0.901. The number of halogens is 1. The Morgan fingerprint density at radius 1 is 1.53 bits per heavy atom. The van der Waals surface area contributed by atoms with E-state index in [1.54, 1.807) is 11.3 Å². The average Bonchev–Trinajstić information content (AvgIpc) is 2.69. The van der Waals surface area contributed by atoms with Gasteiger partial charge in [0.15, 0.2) is 0 Å². The molecule has 0 bridgehead atoms. The second-order valence-electron chi connectivity index (χ2n) is 4.58. The molecule has 96 valence electrons. The third-order valence-electron chi connectivity index (χ3n) is 3.37. The second kappa shape index (κ2) is 6.19. The van der Waals surface area contributed by atoms with Crippen LogP contribution < -0.4 is 5.32 Å². The SMILES string of the molecule is CCNC(c1scc(C)c1Cl)C1CCOCC1. The lowest BCUT2D eigenvalue weighted by Crippen LogP contribution is -2.31. The van der Waals surface area contributed by atoms with Crippen LogP contribution >= 0.6 is 22.9 Å². The van der Waals surface area contributed by atoms with Gasteiger partial charge in [-0.2, -0.15) is 0 Å². The van der Waals surface area contributed by atoms with E-state index in [0.717, 1.165) is 37.6 Å². The summed E-state index contributed by atoms with van der Waals surface area (Å²) >= 11 is 8.18. The van der Waals surface area contributed by atoms with E-state index in [2.05, 4.69) is 24.5 Å². The first-order valence-electron chi connectivity index (χ1n) is 6.28. The van der Waals surface area contributed by atoms with Crippen LogP contribution in [-0.2, 0) is 4.74 Å². The van der Waals surface area contributed by atoms with Crippen molar-refractivity contribution >= 4 is 22.9 Å². The molecule has 0 radical (unpaired) electrons. The molecule has 2 rings (SSSR count). The minimum atomic E-state index is 0.398. The van der Waals surface area contributed by atoms with Gasteiger partial charge in [0.2, 0.25) is 0 Å². The maximum Gasteiger partial charge on any atom is 0.0590 e. The van der Waals surface area contributed by atoms with Gasteiger partial charge >= 0.3 is 0 Å². The second-order valence-corrected chi connectivity index (χ2v) is 5.87. The smallest absolute Gasteiger partial charge is 0.0590 e. The van der Waals surface area contributed by atoms with Crippen molar-refractivity contribution in [3.63, 3.8) is 0 Å². The fourth-order valence-electron chi connectivity index (χ4n) is 2.40. The van der Waals surface area contributed by atoms with Crippen molar-refractivity contribution in [3.05, 3.63) is 20.8 Å². The number of rotatable bonds is 4. The highest BCUT2D eigenvalue weighted by atomic mass is 35.5. The summed E-state index contributed by atoms with van der Waals surface area (Å²) in [5, 5.41) is 6.70. The summed E-state index contributed by atoms with van der Waals surface area (Å²) in [6, 6.07) is 0.398. The predicted octanol–water partition coefficient (Wildman–Crippen LogP) is 3.79. The molecule has 0 spiro atoms. The molecule has 0 saturated carbocycles. The van der Waals surface area contributed by atoms with E-state index in [-0.39, 0.29) is 0 Å². The first kappa shape index (κ1) is 13.3. The molecular formula is C13H20ClNOS. The zero-order valence-corrected chi connectivity index (χ0v) is 12.0. The fraction of sp³-hybridized carbons (Fsp3) is 0.692. The first-order valence-corrected chi connectivity index (χ1v) is 7.54. The molecule has 1 saturated heterocycles. The standard InChI is InChI=1S/C13H20ClNOS/c1-3-15-12(10-4-6-16-7-5-10)13-11(14)9(2)8-17-13/h8,10,12,15H,3-7H2,1-2H3. The van der Waals surface area contributed by atoms with E-state index in [1.165, 1.54) is 10.4 Å². The van der Waals surface area contributed by atoms with Crippen LogP contribution in [0.3, 0.4) is 0 Å². The molecule has 0 aromatic carbocycles. The number of hydrogen-bond donors (Lipinski definition) is 1. The summed E-state index contributed by atoms with van der Waals surface area (Å²) in [6.45, 7) is 6.98. The molecule has 0 aliphatic carbocycles. The van der Waals surface area contributed by atoms with Crippen LogP contribution in [0, 0.1) is 12.8 Å². The summed E-state index contributed by atoms with van der Waals surface area (Å²) in [4.78, 5) is 1.30. The van der Waals surface area contributed by atoms with Crippen molar-refractivity contribution in [2.24, 2.45) is 5.92 Å². The van der Waals surface area contributed by atoms with Crippen molar-refractivity contribution in [1.82, 2.24) is 5.32 Å². The maximum absolute atomic E-state index is 6.40. The van der Waals surface area contributed by atoms with Gasteiger partial charge < -0.3 is 10.1 Å². The van der Waals surface area contributed by atoms with Gasteiger partial charge in [-0.25, -0.2) is 0 Å². The van der Waals surface area contributed by atoms with Crippen LogP contribution in [-0.4, -0.2) is 19.8 Å². The lowest BCUT2D eigenvalue weighted by Gasteiger charge is -2.30. The molecule has 1 aliphatic rings. The Morgan fingerprint density at radius 3 is 2.76 bits per heavy atom. The van der Waals surface area contributed by atoms with Crippen LogP contribution in [0.1, 0.15) is 36.2 Å².